The van der Waals surface area contributed by atoms with Gasteiger partial charge in [0.15, 0.2) is 0 Å². The van der Waals surface area contributed by atoms with Gasteiger partial charge in [-0.3, -0.25) is 4.79 Å². The summed E-state index contributed by atoms with van der Waals surface area (Å²) in [5, 5.41) is 17.6. The highest BCUT2D eigenvalue weighted by Gasteiger charge is 2.33. The number of nitrogens with zero attached hydrogens (tertiary/aromatic N) is 2. The van der Waals surface area contributed by atoms with Crippen LogP contribution in [-0.4, -0.2) is 80.7 Å². The number of hydrogen-bond donors (Lipinski definition) is 3. The maximum Gasteiger partial charge on any atom is 0.323 e. The molecule has 4 aromatic rings. The minimum absolute atomic E-state index is 0.00204. The molecule has 47 heavy (non-hydrogen) atoms. The Balaban J connectivity index is 1.40. The number of anilines is 2. The predicted octanol–water partition coefficient (Wildman–Crippen LogP) is 4.96. The highest BCUT2D eigenvalue weighted by atomic mass is 32.2. The molecule has 1 aliphatic rings. The van der Waals surface area contributed by atoms with Crippen molar-refractivity contribution in [3.05, 3.63) is 90.5 Å². The Labute approximate surface area is 275 Å². The number of urea groups is 1. The van der Waals surface area contributed by atoms with Gasteiger partial charge in [0.1, 0.15) is 17.6 Å². The van der Waals surface area contributed by atoms with Crippen molar-refractivity contribution in [3.8, 4) is 11.5 Å². The molecule has 4 aromatic carbocycles. The third-order valence-corrected chi connectivity index (χ3v) is 10.3. The summed E-state index contributed by atoms with van der Waals surface area (Å²) < 4.78 is 39.9. The van der Waals surface area contributed by atoms with Crippen molar-refractivity contribution >= 4 is 44.1 Å². The van der Waals surface area contributed by atoms with Gasteiger partial charge in [0.25, 0.3) is 0 Å². The summed E-state index contributed by atoms with van der Waals surface area (Å²) >= 11 is 0. The number of amides is 3. The molecule has 0 spiro atoms. The summed E-state index contributed by atoms with van der Waals surface area (Å²) in [5.41, 5.74) is 1.62. The molecule has 0 unspecified atom stereocenters. The van der Waals surface area contributed by atoms with E-state index >= 15 is 0 Å². The van der Waals surface area contributed by atoms with Crippen LogP contribution in [0.25, 0.3) is 10.8 Å². The van der Waals surface area contributed by atoms with Gasteiger partial charge in [-0.15, -0.1) is 0 Å². The maximum absolute atomic E-state index is 13.6. The van der Waals surface area contributed by atoms with Crippen molar-refractivity contribution in [3.63, 3.8) is 0 Å². The molecule has 0 fully saturated rings. The SMILES string of the molecule is COc1ccc(S(=O)(=O)N(C)C[C@H]2Oc3ccc(NC(=O)Nc4cccc5ccccc45)cc3CC(=O)N([C@H](C)CO)C[C@H]2C)cc1. The lowest BCUT2D eigenvalue weighted by atomic mass is 10.0. The fourth-order valence-corrected chi connectivity index (χ4v) is 6.81. The summed E-state index contributed by atoms with van der Waals surface area (Å²) in [5.74, 6) is 0.417. The molecular formula is C35H40N4O7S. The minimum atomic E-state index is -3.88. The molecule has 0 saturated carbocycles. The maximum atomic E-state index is 13.6. The van der Waals surface area contributed by atoms with Gasteiger partial charge in [0, 0.05) is 36.1 Å². The fraction of sp³-hybridized carbons (Fsp3) is 0.314. The zero-order valence-electron chi connectivity index (χ0n) is 26.8. The molecule has 3 atom stereocenters. The van der Waals surface area contributed by atoms with Gasteiger partial charge in [-0.2, -0.15) is 4.31 Å². The quantitative estimate of drug-likeness (QED) is 0.231. The van der Waals surface area contributed by atoms with Crippen LogP contribution in [0.5, 0.6) is 11.5 Å². The van der Waals surface area contributed by atoms with Gasteiger partial charge in [-0.1, -0.05) is 43.3 Å². The Morgan fingerprint density at radius 1 is 1.06 bits per heavy atom. The topological polar surface area (TPSA) is 138 Å². The van der Waals surface area contributed by atoms with Gasteiger partial charge in [0.05, 0.1) is 43.3 Å². The van der Waals surface area contributed by atoms with Crippen molar-refractivity contribution in [2.75, 3.05) is 44.5 Å². The number of aliphatic hydroxyl groups is 1. The number of rotatable bonds is 9. The summed E-state index contributed by atoms with van der Waals surface area (Å²) in [6.45, 7) is 3.65. The number of hydrogen-bond acceptors (Lipinski definition) is 7. The van der Waals surface area contributed by atoms with Crippen LogP contribution in [-0.2, 0) is 21.2 Å². The summed E-state index contributed by atoms with van der Waals surface area (Å²) in [7, 11) is -0.877. The first-order valence-corrected chi connectivity index (χ1v) is 16.8. The lowest BCUT2D eigenvalue weighted by Crippen LogP contribution is -2.48. The number of ether oxygens (including phenoxy) is 2. The normalized spacial score (nSPS) is 17.6. The molecule has 1 heterocycles. The number of carbonyl (C=O) groups excluding carboxylic acids is 2. The molecule has 5 rings (SSSR count). The number of nitrogens with one attached hydrogen (secondary N) is 2. The molecule has 11 nitrogen and oxygen atoms in total. The highest BCUT2D eigenvalue weighted by molar-refractivity contribution is 7.89. The molecule has 0 radical (unpaired) electrons. The van der Waals surface area contributed by atoms with Gasteiger partial charge >= 0.3 is 6.03 Å². The second kappa shape index (κ2) is 14.4. The molecule has 0 saturated heterocycles. The average Bonchev–Trinajstić information content (AvgIpc) is 3.11. The Morgan fingerprint density at radius 2 is 1.79 bits per heavy atom. The molecule has 248 valence electrons. The highest BCUT2D eigenvalue weighted by Crippen LogP contribution is 2.30. The largest absolute Gasteiger partial charge is 0.497 e. The standard InChI is InChI=1S/C35H40N4O7S/c1-23-20-39(24(2)22-40)34(41)19-26-18-27(36-35(42)37-31-11-7-9-25-8-5-6-10-30(25)31)12-17-32(26)46-33(23)21-38(3)47(43,44)29-15-13-28(45-4)14-16-29/h5-18,23-24,33,40H,19-22H2,1-4H3,(H2,36,37,42)/t23-,24-,33-/m1/s1. The van der Waals surface area contributed by atoms with Gasteiger partial charge < -0.3 is 30.1 Å². The zero-order valence-corrected chi connectivity index (χ0v) is 27.7. The van der Waals surface area contributed by atoms with Gasteiger partial charge in [-0.25, -0.2) is 13.2 Å². The number of carbonyl (C=O) groups is 2. The van der Waals surface area contributed by atoms with Crippen molar-refractivity contribution in [2.24, 2.45) is 5.92 Å². The van der Waals surface area contributed by atoms with Crippen LogP contribution in [0.1, 0.15) is 19.4 Å². The Hall–Kier alpha value is -4.65. The number of aliphatic hydroxyl groups excluding tert-OH is 1. The smallest absolute Gasteiger partial charge is 0.323 e. The summed E-state index contributed by atoms with van der Waals surface area (Å²) in [6.07, 6.45) is -0.695. The van der Waals surface area contributed by atoms with E-state index in [1.807, 2.05) is 49.4 Å². The molecule has 12 heteroatoms. The van der Waals surface area contributed by atoms with Crippen molar-refractivity contribution in [1.82, 2.24) is 9.21 Å². The van der Waals surface area contributed by atoms with Crippen LogP contribution in [0, 0.1) is 5.92 Å². The van der Waals surface area contributed by atoms with E-state index in [1.54, 1.807) is 42.2 Å². The summed E-state index contributed by atoms with van der Waals surface area (Å²) in [4.78, 5) is 28.4. The lowest BCUT2D eigenvalue weighted by molar-refractivity contribution is -0.134. The van der Waals surface area contributed by atoms with Crippen molar-refractivity contribution < 1.29 is 32.6 Å². The van der Waals surface area contributed by atoms with E-state index in [9.17, 15) is 23.1 Å². The van der Waals surface area contributed by atoms with Crippen molar-refractivity contribution in [2.45, 2.75) is 37.3 Å². The molecule has 0 aromatic heterocycles. The monoisotopic (exact) mass is 660 g/mol. The number of likely N-dealkylation sites (N-methyl/N-ethyl adjacent to an activating group) is 1. The molecule has 1 aliphatic heterocycles. The van der Waals surface area contributed by atoms with Crippen LogP contribution in [0.4, 0.5) is 16.2 Å². The number of benzene rings is 4. The first-order valence-electron chi connectivity index (χ1n) is 15.4. The minimum Gasteiger partial charge on any atom is -0.497 e. The fourth-order valence-electron chi connectivity index (χ4n) is 5.62. The van der Waals surface area contributed by atoms with Crippen LogP contribution in [0.15, 0.2) is 89.8 Å². The molecule has 0 aliphatic carbocycles. The van der Waals surface area contributed by atoms with E-state index in [-0.39, 0.29) is 42.8 Å². The van der Waals surface area contributed by atoms with E-state index in [4.69, 9.17) is 9.47 Å². The van der Waals surface area contributed by atoms with E-state index in [1.165, 1.54) is 30.6 Å². The molecular weight excluding hydrogens is 620 g/mol. The van der Waals surface area contributed by atoms with E-state index < -0.39 is 28.2 Å². The van der Waals surface area contributed by atoms with Crippen LogP contribution < -0.4 is 20.1 Å². The third kappa shape index (κ3) is 7.67. The Morgan fingerprint density at radius 3 is 2.51 bits per heavy atom. The van der Waals surface area contributed by atoms with Crippen LogP contribution in [0.3, 0.4) is 0 Å². The molecule has 3 N–H and O–H groups in total. The van der Waals surface area contributed by atoms with Gasteiger partial charge in [-0.05, 0) is 60.8 Å². The average molecular weight is 661 g/mol. The summed E-state index contributed by atoms with van der Waals surface area (Å²) in [6, 6.07) is 23.7. The zero-order chi connectivity index (χ0) is 33.7. The molecule has 0 bridgehead atoms. The third-order valence-electron chi connectivity index (χ3n) is 8.42. The van der Waals surface area contributed by atoms with Crippen LogP contribution in [0.2, 0.25) is 0 Å². The predicted molar refractivity (Wildman–Crippen MR) is 181 cm³/mol. The second-order valence-electron chi connectivity index (χ2n) is 11.8. The number of sulfonamides is 1. The van der Waals surface area contributed by atoms with Crippen LogP contribution >= 0.6 is 0 Å². The Kier molecular flexibility index (Phi) is 10.3. The van der Waals surface area contributed by atoms with E-state index in [0.29, 0.717) is 28.4 Å². The van der Waals surface area contributed by atoms with Gasteiger partial charge in [0.2, 0.25) is 15.9 Å². The number of methoxy groups -OCH3 is 1. The first-order chi connectivity index (χ1) is 22.5. The first kappa shape index (κ1) is 33.7. The lowest BCUT2D eigenvalue weighted by Gasteiger charge is -2.33. The van der Waals surface area contributed by atoms with E-state index in [0.717, 1.165) is 10.8 Å². The second-order valence-corrected chi connectivity index (χ2v) is 13.8. The molecule has 3 amide bonds. The van der Waals surface area contributed by atoms with Crippen molar-refractivity contribution in [1.29, 1.82) is 0 Å². The number of fused-ring (bicyclic) bond motifs is 2. The van der Waals surface area contributed by atoms with E-state index in [2.05, 4.69) is 10.6 Å². The Bertz CT molecular complexity index is 1840.